The van der Waals surface area contributed by atoms with Crippen molar-refractivity contribution in [3.8, 4) is 0 Å². The summed E-state index contributed by atoms with van der Waals surface area (Å²) in [7, 11) is 0. The monoisotopic (exact) mass is 276 g/mol. The molecule has 1 aromatic rings. The number of hydrogen-bond donors (Lipinski definition) is 2. The average Bonchev–Trinajstić information content (AvgIpc) is 2.99. The second-order valence-corrected chi connectivity index (χ2v) is 5.75. The van der Waals surface area contributed by atoms with Crippen LogP contribution in [0.5, 0.6) is 0 Å². The Hall–Kier alpha value is -1.59. The van der Waals surface area contributed by atoms with Gasteiger partial charge in [-0.05, 0) is 25.5 Å². The summed E-state index contributed by atoms with van der Waals surface area (Å²) in [4.78, 5) is 12.2. The molecule has 2 aliphatic rings. The van der Waals surface area contributed by atoms with Crippen molar-refractivity contribution in [1.29, 1.82) is 0 Å². The van der Waals surface area contributed by atoms with Crippen LogP contribution in [0.3, 0.4) is 0 Å². The van der Waals surface area contributed by atoms with E-state index < -0.39 is 5.79 Å². The Morgan fingerprint density at radius 2 is 2.25 bits per heavy atom. The number of benzene rings is 1. The van der Waals surface area contributed by atoms with Gasteiger partial charge in [0.25, 0.3) is 0 Å². The van der Waals surface area contributed by atoms with Gasteiger partial charge in [-0.1, -0.05) is 18.2 Å². The molecule has 1 aromatic carbocycles. The summed E-state index contributed by atoms with van der Waals surface area (Å²) in [6, 6.07) is 7.82. The van der Waals surface area contributed by atoms with Gasteiger partial charge in [0.05, 0.1) is 6.61 Å². The van der Waals surface area contributed by atoms with Crippen LogP contribution in [0.25, 0.3) is 0 Å². The molecule has 0 radical (unpaired) electrons. The van der Waals surface area contributed by atoms with Crippen molar-refractivity contribution in [2.45, 2.75) is 38.2 Å². The van der Waals surface area contributed by atoms with E-state index in [1.807, 2.05) is 38.1 Å². The number of carbonyl (C=O) groups excluding carboxylic acids is 1. The molecule has 0 saturated carbocycles. The third kappa shape index (κ3) is 2.78. The minimum atomic E-state index is -0.544. The first-order chi connectivity index (χ1) is 9.53. The van der Waals surface area contributed by atoms with E-state index in [0.717, 1.165) is 12.1 Å². The Bertz CT molecular complexity index is 491. The molecule has 2 N–H and O–H groups in total. The summed E-state index contributed by atoms with van der Waals surface area (Å²) in [5.74, 6) is -0.536. The first-order valence-electron chi connectivity index (χ1n) is 6.97. The van der Waals surface area contributed by atoms with E-state index in [1.54, 1.807) is 0 Å². The predicted molar refractivity (Wildman–Crippen MR) is 75.5 cm³/mol. The molecule has 0 aliphatic carbocycles. The summed E-state index contributed by atoms with van der Waals surface area (Å²) in [6.45, 7) is 4.76. The molecule has 3 rings (SSSR count). The lowest BCUT2D eigenvalue weighted by atomic mass is 10.1. The molecule has 1 saturated heterocycles. The van der Waals surface area contributed by atoms with Gasteiger partial charge in [0.1, 0.15) is 12.1 Å². The number of fused-ring (bicyclic) bond motifs is 1. The number of anilines is 1. The Kier molecular flexibility index (Phi) is 3.40. The Morgan fingerprint density at radius 1 is 1.45 bits per heavy atom. The van der Waals surface area contributed by atoms with Crippen molar-refractivity contribution in [2.75, 3.05) is 18.5 Å². The Morgan fingerprint density at radius 3 is 2.95 bits per heavy atom. The minimum Gasteiger partial charge on any atom is -0.373 e. The van der Waals surface area contributed by atoms with E-state index in [2.05, 4.69) is 10.6 Å². The van der Waals surface area contributed by atoms with Crippen LogP contribution in [0.15, 0.2) is 24.3 Å². The second kappa shape index (κ2) is 5.07. The summed E-state index contributed by atoms with van der Waals surface area (Å²) < 4.78 is 11.1. The number of hydrogen-bond acceptors (Lipinski definition) is 4. The van der Waals surface area contributed by atoms with Gasteiger partial charge in [-0.15, -0.1) is 0 Å². The first-order valence-corrected chi connectivity index (χ1v) is 6.97. The minimum absolute atomic E-state index is 0.00880. The highest BCUT2D eigenvalue weighted by molar-refractivity contribution is 5.87. The fraction of sp³-hybridized carbons (Fsp3) is 0.533. The van der Waals surface area contributed by atoms with Crippen molar-refractivity contribution in [1.82, 2.24) is 5.32 Å². The largest absolute Gasteiger partial charge is 0.373 e. The van der Waals surface area contributed by atoms with Crippen LogP contribution >= 0.6 is 0 Å². The summed E-state index contributed by atoms with van der Waals surface area (Å²) >= 11 is 0. The topological polar surface area (TPSA) is 59.6 Å². The van der Waals surface area contributed by atoms with E-state index in [9.17, 15) is 4.79 Å². The quantitative estimate of drug-likeness (QED) is 0.873. The fourth-order valence-corrected chi connectivity index (χ4v) is 2.66. The van der Waals surface area contributed by atoms with Crippen LogP contribution in [0.1, 0.15) is 19.4 Å². The number of nitrogens with one attached hydrogen (secondary N) is 2. The van der Waals surface area contributed by atoms with Crippen molar-refractivity contribution < 1.29 is 14.3 Å². The predicted octanol–water partition coefficient (Wildman–Crippen LogP) is 1.29. The van der Waals surface area contributed by atoms with Crippen LogP contribution in [0.2, 0.25) is 0 Å². The van der Waals surface area contributed by atoms with Crippen LogP contribution in [-0.2, 0) is 20.7 Å². The molecule has 1 fully saturated rings. The van der Waals surface area contributed by atoms with Crippen LogP contribution in [0.4, 0.5) is 5.69 Å². The molecule has 1 amide bonds. The molecule has 0 bridgehead atoms. The molecule has 108 valence electrons. The van der Waals surface area contributed by atoms with Gasteiger partial charge in [0.15, 0.2) is 5.79 Å². The van der Waals surface area contributed by atoms with Crippen LogP contribution in [-0.4, -0.2) is 37.0 Å². The van der Waals surface area contributed by atoms with Gasteiger partial charge in [0, 0.05) is 18.7 Å². The van der Waals surface area contributed by atoms with Gasteiger partial charge in [0.2, 0.25) is 5.91 Å². The molecule has 0 spiro atoms. The summed E-state index contributed by atoms with van der Waals surface area (Å²) in [5, 5.41) is 6.17. The molecule has 5 nitrogen and oxygen atoms in total. The lowest BCUT2D eigenvalue weighted by Gasteiger charge is -2.18. The smallest absolute Gasteiger partial charge is 0.242 e. The maximum atomic E-state index is 12.2. The van der Waals surface area contributed by atoms with Crippen LogP contribution < -0.4 is 10.6 Å². The van der Waals surface area contributed by atoms with E-state index in [0.29, 0.717) is 13.2 Å². The highest BCUT2D eigenvalue weighted by Gasteiger charge is 2.33. The zero-order valence-corrected chi connectivity index (χ0v) is 11.8. The van der Waals surface area contributed by atoms with Gasteiger partial charge < -0.3 is 20.1 Å². The van der Waals surface area contributed by atoms with Gasteiger partial charge >= 0.3 is 0 Å². The van der Waals surface area contributed by atoms with Crippen molar-refractivity contribution in [3.63, 3.8) is 0 Å². The first kappa shape index (κ1) is 13.4. The number of carbonyl (C=O) groups is 1. The molecule has 2 heterocycles. The molecule has 2 aliphatic heterocycles. The van der Waals surface area contributed by atoms with Crippen molar-refractivity contribution in [2.24, 2.45) is 0 Å². The summed E-state index contributed by atoms with van der Waals surface area (Å²) in [6.07, 6.45) is 0.660. The van der Waals surface area contributed by atoms with Gasteiger partial charge in [-0.3, -0.25) is 4.79 Å². The third-order valence-electron chi connectivity index (χ3n) is 3.66. The van der Waals surface area contributed by atoms with Crippen molar-refractivity contribution in [3.05, 3.63) is 29.8 Å². The number of para-hydroxylation sites is 1. The summed E-state index contributed by atoms with van der Waals surface area (Å²) in [5.41, 5.74) is 2.24. The maximum Gasteiger partial charge on any atom is 0.242 e. The zero-order chi connectivity index (χ0) is 14.2. The lowest BCUT2D eigenvalue weighted by molar-refractivity contribution is -0.139. The number of ether oxygens (including phenoxy) is 2. The molecule has 5 heteroatoms. The van der Waals surface area contributed by atoms with E-state index in [1.165, 1.54) is 5.56 Å². The lowest BCUT2D eigenvalue weighted by Crippen LogP contribution is -2.42. The highest BCUT2D eigenvalue weighted by atomic mass is 16.7. The second-order valence-electron chi connectivity index (χ2n) is 5.75. The molecule has 0 aromatic heterocycles. The van der Waals surface area contributed by atoms with Crippen LogP contribution in [0, 0.1) is 0 Å². The Labute approximate surface area is 118 Å². The maximum absolute atomic E-state index is 12.2. The molecular weight excluding hydrogens is 256 g/mol. The number of rotatable bonds is 3. The fourth-order valence-electron chi connectivity index (χ4n) is 2.66. The normalized spacial score (nSPS) is 26.9. The van der Waals surface area contributed by atoms with E-state index >= 15 is 0 Å². The molecule has 20 heavy (non-hydrogen) atoms. The SMILES string of the molecule is CC1(C)OCC(CNC(=O)[C@@H]2Cc3ccccc3N2)O1. The van der Waals surface area contributed by atoms with E-state index in [-0.39, 0.29) is 18.1 Å². The Balaban J connectivity index is 1.50. The molecular formula is C15H20N2O3. The third-order valence-corrected chi connectivity index (χ3v) is 3.66. The van der Waals surface area contributed by atoms with Gasteiger partial charge in [-0.25, -0.2) is 0 Å². The van der Waals surface area contributed by atoms with E-state index in [4.69, 9.17) is 9.47 Å². The highest BCUT2D eigenvalue weighted by Crippen LogP contribution is 2.25. The standard InChI is InChI=1S/C15H20N2O3/c1-15(2)19-9-11(20-15)8-16-14(18)13-7-10-5-3-4-6-12(10)17-13/h3-6,11,13,17H,7-9H2,1-2H3,(H,16,18)/t11?,13-/m0/s1. The van der Waals surface area contributed by atoms with Crippen molar-refractivity contribution >= 4 is 11.6 Å². The zero-order valence-electron chi connectivity index (χ0n) is 11.8. The average molecular weight is 276 g/mol. The molecule has 1 unspecified atom stereocenters. The number of amides is 1. The van der Waals surface area contributed by atoms with Gasteiger partial charge in [-0.2, -0.15) is 0 Å². The molecule has 2 atom stereocenters.